The van der Waals surface area contributed by atoms with Gasteiger partial charge in [-0.15, -0.1) is 11.3 Å². The maximum Gasteiger partial charge on any atom is 0.153 e. The highest BCUT2D eigenvalue weighted by Gasteiger charge is 2.11. The zero-order valence-corrected chi connectivity index (χ0v) is 10.4. The summed E-state index contributed by atoms with van der Waals surface area (Å²) in [5.41, 5.74) is 0.975. The van der Waals surface area contributed by atoms with Crippen LogP contribution in [0.3, 0.4) is 0 Å². The Bertz CT molecular complexity index is 434. The minimum Gasteiger partial charge on any atom is -0.463 e. The molecule has 0 saturated carbocycles. The molecule has 4 heteroatoms. The van der Waals surface area contributed by atoms with E-state index in [1.165, 1.54) is 4.88 Å². The second-order valence-corrected chi connectivity index (χ2v) is 4.95. The van der Waals surface area contributed by atoms with Crippen LogP contribution in [0.15, 0.2) is 22.8 Å². The number of aromatic nitrogens is 1. The maximum atomic E-state index is 5.36. The Kier molecular flexibility index (Phi) is 3.74. The van der Waals surface area contributed by atoms with Crippen molar-refractivity contribution in [3.8, 4) is 11.5 Å². The summed E-state index contributed by atoms with van der Waals surface area (Å²) in [7, 11) is 0. The molecule has 0 bridgehead atoms. The highest BCUT2D eigenvalue weighted by atomic mass is 32.1. The Morgan fingerprint density at radius 2 is 2.38 bits per heavy atom. The molecule has 0 atom stereocenters. The molecule has 0 spiro atoms. The number of furan rings is 1. The number of hydrogen-bond acceptors (Lipinski definition) is 4. The third kappa shape index (κ3) is 2.51. The van der Waals surface area contributed by atoms with Crippen LogP contribution in [0.1, 0.15) is 23.2 Å². The lowest BCUT2D eigenvalue weighted by molar-refractivity contribution is 0.579. The van der Waals surface area contributed by atoms with Crippen molar-refractivity contribution in [2.24, 2.45) is 0 Å². The van der Waals surface area contributed by atoms with Gasteiger partial charge in [-0.2, -0.15) is 0 Å². The van der Waals surface area contributed by atoms with Gasteiger partial charge in [0.1, 0.15) is 10.7 Å². The molecule has 16 heavy (non-hydrogen) atoms. The summed E-state index contributed by atoms with van der Waals surface area (Å²) < 4.78 is 5.36. The predicted octanol–water partition coefficient (Wildman–Crippen LogP) is 3.21. The van der Waals surface area contributed by atoms with Crippen molar-refractivity contribution in [3.05, 3.63) is 28.3 Å². The summed E-state index contributed by atoms with van der Waals surface area (Å²) in [4.78, 5) is 5.80. The van der Waals surface area contributed by atoms with Crippen molar-refractivity contribution >= 4 is 11.3 Å². The van der Waals surface area contributed by atoms with Crippen molar-refractivity contribution in [1.82, 2.24) is 10.3 Å². The molecule has 2 rings (SSSR count). The van der Waals surface area contributed by atoms with E-state index in [0.717, 1.165) is 36.0 Å². The Labute approximate surface area is 99.5 Å². The molecule has 0 aliphatic rings. The largest absolute Gasteiger partial charge is 0.463 e. The van der Waals surface area contributed by atoms with E-state index in [4.69, 9.17) is 4.42 Å². The van der Waals surface area contributed by atoms with E-state index in [2.05, 4.69) is 24.1 Å². The third-order valence-electron chi connectivity index (χ3n) is 2.30. The minimum atomic E-state index is 0.847. The minimum absolute atomic E-state index is 0.847. The Hall–Kier alpha value is -1.13. The summed E-state index contributed by atoms with van der Waals surface area (Å²) in [6.07, 6.45) is 2.83. The number of nitrogens with one attached hydrogen (secondary N) is 1. The normalized spacial score (nSPS) is 10.9. The molecule has 3 nitrogen and oxygen atoms in total. The van der Waals surface area contributed by atoms with Gasteiger partial charge in [-0.25, -0.2) is 4.98 Å². The molecule has 0 aliphatic carbocycles. The molecule has 86 valence electrons. The van der Waals surface area contributed by atoms with Gasteiger partial charge in [0.2, 0.25) is 0 Å². The van der Waals surface area contributed by atoms with Gasteiger partial charge in [-0.1, -0.05) is 6.92 Å². The number of nitrogens with zero attached hydrogens (tertiary/aromatic N) is 1. The molecule has 2 aromatic rings. The summed E-state index contributed by atoms with van der Waals surface area (Å²) in [6.45, 7) is 6.13. The fourth-order valence-corrected chi connectivity index (χ4v) is 2.45. The number of hydrogen-bond donors (Lipinski definition) is 1. The zero-order chi connectivity index (χ0) is 11.4. The molecule has 2 aromatic heterocycles. The van der Waals surface area contributed by atoms with Gasteiger partial charge in [-0.3, -0.25) is 0 Å². The van der Waals surface area contributed by atoms with Crippen molar-refractivity contribution in [1.29, 1.82) is 0 Å². The van der Waals surface area contributed by atoms with E-state index in [9.17, 15) is 0 Å². The highest BCUT2D eigenvalue weighted by molar-refractivity contribution is 7.12. The molecule has 0 amide bonds. The molecule has 0 aliphatic heterocycles. The van der Waals surface area contributed by atoms with Gasteiger partial charge in [0.15, 0.2) is 5.76 Å². The van der Waals surface area contributed by atoms with Gasteiger partial charge in [0.25, 0.3) is 0 Å². The second-order valence-electron chi connectivity index (χ2n) is 3.67. The molecule has 0 fully saturated rings. The summed E-state index contributed by atoms with van der Waals surface area (Å²) in [5, 5.41) is 4.48. The molecule has 0 radical (unpaired) electrons. The van der Waals surface area contributed by atoms with Crippen LogP contribution in [0, 0.1) is 6.92 Å². The van der Waals surface area contributed by atoms with Gasteiger partial charge >= 0.3 is 0 Å². The SMILES string of the molecule is CCCNCc1nc(-c2ccco2)c(C)s1. The van der Waals surface area contributed by atoms with E-state index in [-0.39, 0.29) is 0 Å². The van der Waals surface area contributed by atoms with E-state index < -0.39 is 0 Å². The first-order valence-electron chi connectivity index (χ1n) is 5.52. The fourth-order valence-electron chi connectivity index (χ4n) is 1.54. The number of rotatable bonds is 5. The first-order valence-corrected chi connectivity index (χ1v) is 6.33. The molecule has 0 unspecified atom stereocenters. The lowest BCUT2D eigenvalue weighted by Gasteiger charge is -1.97. The summed E-state index contributed by atoms with van der Waals surface area (Å²) >= 11 is 1.73. The van der Waals surface area contributed by atoms with Crippen molar-refractivity contribution in [3.63, 3.8) is 0 Å². The smallest absolute Gasteiger partial charge is 0.153 e. The molecule has 1 N–H and O–H groups in total. The summed E-state index contributed by atoms with van der Waals surface area (Å²) in [5.74, 6) is 0.857. The van der Waals surface area contributed by atoms with Gasteiger partial charge in [-0.05, 0) is 32.0 Å². The third-order valence-corrected chi connectivity index (χ3v) is 3.27. The monoisotopic (exact) mass is 236 g/mol. The molecular weight excluding hydrogens is 220 g/mol. The molecule has 0 aromatic carbocycles. The first-order chi connectivity index (χ1) is 7.81. The zero-order valence-electron chi connectivity index (χ0n) is 9.62. The fraction of sp³-hybridized carbons (Fsp3) is 0.417. The van der Waals surface area contributed by atoms with E-state index >= 15 is 0 Å². The quantitative estimate of drug-likeness (QED) is 0.810. The van der Waals surface area contributed by atoms with Crippen LogP contribution >= 0.6 is 11.3 Å². The van der Waals surface area contributed by atoms with Crippen LogP contribution < -0.4 is 5.32 Å². The second kappa shape index (κ2) is 5.27. The van der Waals surface area contributed by atoms with Crippen molar-refractivity contribution < 1.29 is 4.42 Å². The summed E-state index contributed by atoms with van der Waals surface area (Å²) in [6, 6.07) is 3.84. The Morgan fingerprint density at radius 3 is 3.06 bits per heavy atom. The highest BCUT2D eigenvalue weighted by Crippen LogP contribution is 2.27. The lowest BCUT2D eigenvalue weighted by Crippen LogP contribution is -2.13. The van der Waals surface area contributed by atoms with Crippen LogP contribution in [0.5, 0.6) is 0 Å². The molecule has 2 heterocycles. The van der Waals surface area contributed by atoms with Gasteiger partial charge in [0.05, 0.1) is 6.26 Å². The first kappa shape index (κ1) is 11.4. The van der Waals surface area contributed by atoms with Crippen LogP contribution in [0.25, 0.3) is 11.5 Å². The van der Waals surface area contributed by atoms with Crippen LogP contribution in [-0.2, 0) is 6.54 Å². The topological polar surface area (TPSA) is 38.1 Å². The van der Waals surface area contributed by atoms with Crippen LogP contribution in [0.2, 0.25) is 0 Å². The maximum absolute atomic E-state index is 5.36. The lowest BCUT2D eigenvalue weighted by atomic mass is 10.3. The Morgan fingerprint density at radius 1 is 1.50 bits per heavy atom. The Balaban J connectivity index is 2.10. The van der Waals surface area contributed by atoms with Crippen molar-refractivity contribution in [2.75, 3.05) is 6.54 Å². The molecule has 0 saturated heterocycles. The molecular formula is C12H16N2OS. The van der Waals surface area contributed by atoms with E-state index in [1.54, 1.807) is 17.6 Å². The van der Waals surface area contributed by atoms with Crippen molar-refractivity contribution in [2.45, 2.75) is 26.8 Å². The van der Waals surface area contributed by atoms with E-state index in [1.807, 2.05) is 12.1 Å². The standard InChI is InChI=1S/C12H16N2OS/c1-3-6-13-8-11-14-12(9(2)16-11)10-5-4-7-15-10/h4-5,7,13H,3,6,8H2,1-2H3. The number of thiazole rings is 1. The predicted molar refractivity (Wildman–Crippen MR) is 66.6 cm³/mol. The number of aryl methyl sites for hydroxylation is 1. The average Bonchev–Trinajstić information content (AvgIpc) is 2.87. The van der Waals surface area contributed by atoms with Crippen LogP contribution in [-0.4, -0.2) is 11.5 Å². The van der Waals surface area contributed by atoms with Gasteiger partial charge in [0, 0.05) is 11.4 Å². The average molecular weight is 236 g/mol. The van der Waals surface area contributed by atoms with E-state index in [0.29, 0.717) is 0 Å². The van der Waals surface area contributed by atoms with Gasteiger partial charge < -0.3 is 9.73 Å². The van der Waals surface area contributed by atoms with Crippen LogP contribution in [0.4, 0.5) is 0 Å².